The molecule has 0 spiro atoms. The molecule has 0 bridgehead atoms. The number of hydrogen-bond donors (Lipinski definition) is 1. The maximum absolute atomic E-state index is 11.7. The highest BCUT2D eigenvalue weighted by molar-refractivity contribution is 5.69. The first-order chi connectivity index (χ1) is 7.61. The molecule has 16 heavy (non-hydrogen) atoms. The second kappa shape index (κ2) is 3.38. The standard InChI is InChI=1S/C13H21NO2/c1-8(2)16-12(15)14-13-5-3-4-9-6-10(7-13)11(9)13/h8-11H,3-7H2,1-2H3,(H,14,15)/t9?,10-,11?,13?/m1/s1. The van der Waals surface area contributed by atoms with E-state index in [4.69, 9.17) is 4.74 Å². The molecule has 3 unspecified atom stereocenters. The Hall–Kier alpha value is -0.730. The number of alkyl carbamates (subject to hydrolysis) is 1. The first kappa shape index (κ1) is 10.4. The van der Waals surface area contributed by atoms with Gasteiger partial charge in [-0.05, 0) is 57.3 Å². The van der Waals surface area contributed by atoms with Crippen LogP contribution in [0.4, 0.5) is 4.79 Å². The fraction of sp³-hybridized carbons (Fsp3) is 0.923. The summed E-state index contributed by atoms with van der Waals surface area (Å²) in [5, 5.41) is 3.16. The molecule has 1 amide bonds. The number of carbonyl (C=O) groups is 1. The quantitative estimate of drug-likeness (QED) is 0.781. The van der Waals surface area contributed by atoms with Crippen LogP contribution in [0.2, 0.25) is 0 Å². The largest absolute Gasteiger partial charge is 0.447 e. The van der Waals surface area contributed by atoms with Crippen molar-refractivity contribution >= 4 is 6.09 Å². The predicted molar refractivity (Wildman–Crippen MR) is 61.0 cm³/mol. The number of hydrogen-bond acceptors (Lipinski definition) is 2. The molecule has 0 aromatic rings. The second-order valence-corrected chi connectivity index (χ2v) is 6.11. The van der Waals surface area contributed by atoms with E-state index in [0.29, 0.717) is 0 Å². The maximum Gasteiger partial charge on any atom is 0.407 e. The van der Waals surface area contributed by atoms with E-state index in [1.165, 1.54) is 25.7 Å². The predicted octanol–water partition coefficient (Wildman–Crippen LogP) is 2.70. The monoisotopic (exact) mass is 223 g/mol. The lowest BCUT2D eigenvalue weighted by atomic mass is 9.40. The van der Waals surface area contributed by atoms with Crippen molar-refractivity contribution in [1.29, 1.82) is 0 Å². The van der Waals surface area contributed by atoms with Crippen molar-refractivity contribution in [3.63, 3.8) is 0 Å². The van der Waals surface area contributed by atoms with Gasteiger partial charge in [0.05, 0.1) is 6.10 Å². The fourth-order valence-corrected chi connectivity index (χ4v) is 4.32. The average molecular weight is 223 g/mol. The number of carbonyl (C=O) groups excluding carboxylic acids is 1. The minimum absolute atomic E-state index is 0.0203. The summed E-state index contributed by atoms with van der Waals surface area (Å²) in [6.07, 6.45) is 6.20. The zero-order chi connectivity index (χ0) is 11.3. The second-order valence-electron chi connectivity index (χ2n) is 6.11. The van der Waals surface area contributed by atoms with E-state index in [2.05, 4.69) is 5.32 Å². The SMILES string of the molecule is CC(C)OC(=O)NC12CCCC3C[C@H](C1)C32. The molecule has 3 fully saturated rings. The summed E-state index contributed by atoms with van der Waals surface area (Å²) >= 11 is 0. The molecular weight excluding hydrogens is 202 g/mol. The van der Waals surface area contributed by atoms with E-state index in [9.17, 15) is 4.79 Å². The summed E-state index contributed by atoms with van der Waals surface area (Å²) in [5.41, 5.74) is 0.123. The molecular formula is C13H21NO2. The van der Waals surface area contributed by atoms with Crippen molar-refractivity contribution in [2.24, 2.45) is 17.8 Å². The minimum atomic E-state index is -0.207. The molecule has 3 aliphatic rings. The van der Waals surface area contributed by atoms with E-state index in [1.54, 1.807) is 0 Å². The van der Waals surface area contributed by atoms with Gasteiger partial charge < -0.3 is 10.1 Å². The smallest absolute Gasteiger partial charge is 0.407 e. The van der Waals surface area contributed by atoms with Gasteiger partial charge in [0.1, 0.15) is 0 Å². The van der Waals surface area contributed by atoms with Crippen LogP contribution >= 0.6 is 0 Å². The Kier molecular flexibility index (Phi) is 2.20. The first-order valence-electron chi connectivity index (χ1n) is 6.59. The zero-order valence-corrected chi connectivity index (χ0v) is 10.2. The maximum atomic E-state index is 11.7. The lowest BCUT2D eigenvalue weighted by Gasteiger charge is -2.68. The molecule has 3 heteroatoms. The van der Waals surface area contributed by atoms with E-state index in [-0.39, 0.29) is 17.7 Å². The summed E-state index contributed by atoms with van der Waals surface area (Å²) in [6.45, 7) is 3.79. The summed E-state index contributed by atoms with van der Waals surface area (Å²) in [5.74, 6) is 2.58. The van der Waals surface area contributed by atoms with Crippen LogP contribution in [0.25, 0.3) is 0 Å². The summed E-state index contributed by atoms with van der Waals surface area (Å²) in [4.78, 5) is 11.7. The van der Waals surface area contributed by atoms with Crippen molar-refractivity contribution in [2.75, 3.05) is 0 Å². The van der Waals surface area contributed by atoms with E-state index < -0.39 is 0 Å². The molecule has 1 N–H and O–H groups in total. The minimum Gasteiger partial charge on any atom is -0.447 e. The topological polar surface area (TPSA) is 38.3 Å². The first-order valence-corrected chi connectivity index (χ1v) is 6.59. The molecule has 0 aliphatic heterocycles. The molecule has 0 heterocycles. The molecule has 0 aromatic carbocycles. The van der Waals surface area contributed by atoms with E-state index in [0.717, 1.165) is 24.2 Å². The van der Waals surface area contributed by atoms with Gasteiger partial charge in [0.2, 0.25) is 0 Å². The van der Waals surface area contributed by atoms with Crippen LogP contribution in [0.1, 0.15) is 46.0 Å². The molecule has 0 aromatic heterocycles. The number of nitrogens with one attached hydrogen (secondary N) is 1. The van der Waals surface area contributed by atoms with Crippen molar-refractivity contribution < 1.29 is 9.53 Å². The highest BCUT2D eigenvalue weighted by Crippen LogP contribution is 2.65. The van der Waals surface area contributed by atoms with Gasteiger partial charge in [-0.15, -0.1) is 0 Å². The Labute approximate surface area is 96.9 Å². The highest BCUT2D eigenvalue weighted by atomic mass is 16.6. The van der Waals surface area contributed by atoms with Crippen molar-refractivity contribution in [3.8, 4) is 0 Å². The Bertz CT molecular complexity index is 309. The molecule has 3 saturated carbocycles. The van der Waals surface area contributed by atoms with Crippen molar-refractivity contribution in [3.05, 3.63) is 0 Å². The van der Waals surface area contributed by atoms with Gasteiger partial charge in [-0.3, -0.25) is 0 Å². The van der Waals surface area contributed by atoms with Crippen LogP contribution in [0.3, 0.4) is 0 Å². The van der Waals surface area contributed by atoms with Crippen LogP contribution in [-0.2, 0) is 4.74 Å². The normalized spacial score (nSPS) is 44.1. The van der Waals surface area contributed by atoms with Crippen LogP contribution in [0.15, 0.2) is 0 Å². The Balaban J connectivity index is 1.63. The van der Waals surface area contributed by atoms with Gasteiger partial charge in [0.15, 0.2) is 0 Å². The molecule has 3 rings (SSSR count). The fourth-order valence-electron chi connectivity index (χ4n) is 4.32. The highest BCUT2D eigenvalue weighted by Gasteiger charge is 2.64. The third-order valence-corrected chi connectivity index (χ3v) is 4.78. The molecule has 3 nitrogen and oxygen atoms in total. The summed E-state index contributed by atoms with van der Waals surface area (Å²) < 4.78 is 5.20. The zero-order valence-electron chi connectivity index (χ0n) is 10.2. The number of ether oxygens (including phenoxy) is 1. The molecule has 0 radical (unpaired) electrons. The molecule has 4 atom stereocenters. The Morgan fingerprint density at radius 1 is 1.44 bits per heavy atom. The van der Waals surface area contributed by atoms with Crippen LogP contribution < -0.4 is 5.32 Å². The number of amides is 1. The third-order valence-electron chi connectivity index (χ3n) is 4.78. The van der Waals surface area contributed by atoms with Crippen LogP contribution in [-0.4, -0.2) is 17.7 Å². The molecule has 90 valence electrons. The number of rotatable bonds is 2. The van der Waals surface area contributed by atoms with E-state index in [1.807, 2.05) is 13.8 Å². The van der Waals surface area contributed by atoms with Gasteiger partial charge in [-0.25, -0.2) is 4.79 Å². The Morgan fingerprint density at radius 3 is 2.94 bits per heavy atom. The summed E-state index contributed by atoms with van der Waals surface area (Å²) in [6, 6.07) is 0. The molecule has 0 saturated heterocycles. The average Bonchev–Trinajstić information content (AvgIpc) is 2.08. The molecule has 3 aliphatic carbocycles. The van der Waals surface area contributed by atoms with Crippen LogP contribution in [0.5, 0.6) is 0 Å². The van der Waals surface area contributed by atoms with Gasteiger partial charge in [0.25, 0.3) is 0 Å². The lowest BCUT2D eigenvalue weighted by molar-refractivity contribution is -0.152. The van der Waals surface area contributed by atoms with Gasteiger partial charge in [0, 0.05) is 5.54 Å². The van der Waals surface area contributed by atoms with Crippen LogP contribution in [0, 0.1) is 17.8 Å². The van der Waals surface area contributed by atoms with Crippen molar-refractivity contribution in [2.45, 2.75) is 57.6 Å². The third kappa shape index (κ3) is 1.36. The van der Waals surface area contributed by atoms with Gasteiger partial charge in [-0.1, -0.05) is 6.42 Å². The Morgan fingerprint density at radius 2 is 2.25 bits per heavy atom. The lowest BCUT2D eigenvalue weighted by Crippen LogP contribution is -2.72. The van der Waals surface area contributed by atoms with Crippen molar-refractivity contribution in [1.82, 2.24) is 5.32 Å². The van der Waals surface area contributed by atoms with Gasteiger partial charge >= 0.3 is 6.09 Å². The van der Waals surface area contributed by atoms with E-state index >= 15 is 0 Å². The summed E-state index contributed by atoms with van der Waals surface area (Å²) in [7, 11) is 0. The van der Waals surface area contributed by atoms with Gasteiger partial charge in [-0.2, -0.15) is 0 Å².